The number of esters is 2. The van der Waals surface area contributed by atoms with Crippen molar-refractivity contribution < 1.29 is 28.5 Å². The molecular formula is C24H21N3O6S2. The van der Waals surface area contributed by atoms with E-state index in [0.29, 0.717) is 37.6 Å². The molecule has 0 radical (unpaired) electrons. The van der Waals surface area contributed by atoms with E-state index in [4.69, 9.17) is 18.9 Å². The third-order valence-corrected chi connectivity index (χ3v) is 7.04. The molecule has 2 aromatic heterocycles. The third-order valence-electron chi connectivity index (χ3n) is 4.96. The predicted molar refractivity (Wildman–Crippen MR) is 132 cm³/mol. The Balaban J connectivity index is 1.62. The van der Waals surface area contributed by atoms with E-state index in [2.05, 4.69) is 16.4 Å². The maximum atomic E-state index is 12.6. The predicted octanol–water partition coefficient (Wildman–Crippen LogP) is 5.24. The van der Waals surface area contributed by atoms with Gasteiger partial charge in [0, 0.05) is 17.1 Å². The number of nitrogens with one attached hydrogen (secondary N) is 1. The molecule has 0 unspecified atom stereocenters. The van der Waals surface area contributed by atoms with E-state index in [0.717, 1.165) is 16.9 Å². The lowest BCUT2D eigenvalue weighted by Crippen LogP contribution is -2.09. The number of anilines is 1. The first-order chi connectivity index (χ1) is 17.0. The monoisotopic (exact) mass is 511 g/mol. The summed E-state index contributed by atoms with van der Waals surface area (Å²) in [6, 6.07) is 7.66. The molecule has 1 N–H and O–H groups in total. The topological polar surface area (TPSA) is 120 Å². The second-order valence-electron chi connectivity index (χ2n) is 7.12. The van der Waals surface area contributed by atoms with Crippen molar-refractivity contribution in [3.63, 3.8) is 0 Å². The smallest absolute Gasteiger partial charge is 0.348 e. The molecule has 0 fully saturated rings. The van der Waals surface area contributed by atoms with Gasteiger partial charge in [0.1, 0.15) is 26.5 Å². The summed E-state index contributed by atoms with van der Waals surface area (Å²) in [5, 5.41) is 15.5. The second kappa shape index (κ2) is 10.6. The van der Waals surface area contributed by atoms with E-state index in [1.165, 1.54) is 17.5 Å². The van der Waals surface area contributed by atoms with Crippen LogP contribution in [0.25, 0.3) is 16.8 Å². The van der Waals surface area contributed by atoms with Crippen molar-refractivity contribution in [1.82, 2.24) is 4.98 Å². The standard InChI is InChI=1S/C24H21N3O6S2/c1-4-30-23(28)19-13(3)20(24(29)31-5-2)35-22(19)26-10-15(9-25)21-27-16(11-34-21)14-6-7-17-18(8-14)33-12-32-17/h6-8,10-11,26H,4-5,12H2,1-3H3/b15-10-. The molecule has 1 aliphatic heterocycles. The van der Waals surface area contributed by atoms with Crippen LogP contribution in [0.4, 0.5) is 5.00 Å². The summed E-state index contributed by atoms with van der Waals surface area (Å²) in [6.45, 7) is 5.65. The number of ether oxygens (including phenoxy) is 4. The molecule has 0 amide bonds. The lowest BCUT2D eigenvalue weighted by Gasteiger charge is -2.05. The summed E-state index contributed by atoms with van der Waals surface area (Å²) in [5.41, 5.74) is 2.47. The summed E-state index contributed by atoms with van der Waals surface area (Å²) in [7, 11) is 0. The van der Waals surface area contributed by atoms with Gasteiger partial charge in [0.2, 0.25) is 6.79 Å². The molecule has 35 heavy (non-hydrogen) atoms. The van der Waals surface area contributed by atoms with Crippen LogP contribution < -0.4 is 14.8 Å². The van der Waals surface area contributed by atoms with Gasteiger partial charge in [-0.3, -0.25) is 0 Å². The van der Waals surface area contributed by atoms with Gasteiger partial charge in [0.05, 0.1) is 24.5 Å². The number of fused-ring (bicyclic) bond motifs is 1. The van der Waals surface area contributed by atoms with Gasteiger partial charge in [-0.05, 0) is 44.5 Å². The summed E-state index contributed by atoms with van der Waals surface area (Å²) in [4.78, 5) is 29.8. The molecule has 4 rings (SSSR count). The van der Waals surface area contributed by atoms with E-state index in [9.17, 15) is 14.9 Å². The minimum Gasteiger partial charge on any atom is -0.462 e. The first-order valence-corrected chi connectivity index (χ1v) is 12.4. The largest absolute Gasteiger partial charge is 0.462 e. The number of nitriles is 1. The minimum atomic E-state index is -0.564. The van der Waals surface area contributed by atoms with Crippen LogP contribution in [0.3, 0.4) is 0 Å². The molecule has 0 bridgehead atoms. The van der Waals surface area contributed by atoms with Crippen molar-refractivity contribution in [2.45, 2.75) is 20.8 Å². The number of allylic oxidation sites excluding steroid dienone is 1. The number of hydrogen-bond donors (Lipinski definition) is 1. The van der Waals surface area contributed by atoms with Gasteiger partial charge in [0.25, 0.3) is 0 Å². The Morgan fingerprint density at radius 3 is 2.69 bits per heavy atom. The van der Waals surface area contributed by atoms with Crippen LogP contribution in [-0.4, -0.2) is 36.9 Å². The van der Waals surface area contributed by atoms with Crippen molar-refractivity contribution in [3.05, 3.63) is 50.8 Å². The maximum Gasteiger partial charge on any atom is 0.348 e. The fourth-order valence-electron chi connectivity index (χ4n) is 3.32. The van der Waals surface area contributed by atoms with Gasteiger partial charge in [-0.1, -0.05) is 0 Å². The Labute approximate surface area is 209 Å². The summed E-state index contributed by atoms with van der Waals surface area (Å²) in [6.07, 6.45) is 1.46. The Morgan fingerprint density at radius 2 is 1.94 bits per heavy atom. The van der Waals surface area contributed by atoms with E-state index in [1.807, 2.05) is 23.6 Å². The van der Waals surface area contributed by atoms with Crippen LogP contribution in [0.15, 0.2) is 29.8 Å². The van der Waals surface area contributed by atoms with E-state index < -0.39 is 11.9 Å². The maximum absolute atomic E-state index is 12.6. The summed E-state index contributed by atoms with van der Waals surface area (Å²) >= 11 is 2.37. The molecule has 1 aliphatic rings. The number of hydrogen-bond acceptors (Lipinski definition) is 11. The molecule has 180 valence electrons. The Kier molecular flexibility index (Phi) is 7.33. The fraction of sp³-hybridized carbons (Fsp3) is 0.250. The van der Waals surface area contributed by atoms with Gasteiger partial charge in [-0.25, -0.2) is 14.6 Å². The second-order valence-corrected chi connectivity index (χ2v) is 9.00. The van der Waals surface area contributed by atoms with Crippen molar-refractivity contribution in [2.24, 2.45) is 0 Å². The molecule has 0 saturated heterocycles. The van der Waals surface area contributed by atoms with Crippen LogP contribution in [0, 0.1) is 18.3 Å². The molecule has 11 heteroatoms. The molecule has 0 saturated carbocycles. The number of thiophene rings is 1. The zero-order valence-electron chi connectivity index (χ0n) is 19.2. The average Bonchev–Trinajstić information content (AvgIpc) is 3.58. The van der Waals surface area contributed by atoms with Crippen molar-refractivity contribution in [3.8, 4) is 28.8 Å². The number of carbonyl (C=O) groups is 2. The van der Waals surface area contributed by atoms with Gasteiger partial charge in [-0.15, -0.1) is 22.7 Å². The van der Waals surface area contributed by atoms with Crippen molar-refractivity contribution in [2.75, 3.05) is 25.3 Å². The van der Waals surface area contributed by atoms with Crippen LogP contribution in [0.2, 0.25) is 0 Å². The number of benzene rings is 1. The van der Waals surface area contributed by atoms with Crippen LogP contribution in [0.5, 0.6) is 11.5 Å². The van der Waals surface area contributed by atoms with Crippen molar-refractivity contribution >= 4 is 45.2 Å². The SMILES string of the molecule is CCOC(=O)c1sc(N/C=C(/C#N)c2nc(-c3ccc4c(c3)OCO4)cs2)c(C(=O)OCC)c1C. The van der Waals surface area contributed by atoms with Gasteiger partial charge in [-0.2, -0.15) is 5.26 Å². The number of nitrogens with zero attached hydrogens (tertiary/aromatic N) is 2. The van der Waals surface area contributed by atoms with E-state index in [1.54, 1.807) is 20.8 Å². The Morgan fingerprint density at radius 1 is 1.20 bits per heavy atom. The van der Waals surface area contributed by atoms with E-state index in [-0.39, 0.29) is 31.1 Å². The molecule has 1 aromatic carbocycles. The normalized spacial score (nSPS) is 12.2. The highest BCUT2D eigenvalue weighted by Crippen LogP contribution is 2.37. The molecule has 9 nitrogen and oxygen atoms in total. The first-order valence-electron chi connectivity index (χ1n) is 10.7. The zero-order valence-corrected chi connectivity index (χ0v) is 20.8. The minimum absolute atomic E-state index is 0.182. The third kappa shape index (κ3) is 4.99. The average molecular weight is 512 g/mol. The van der Waals surface area contributed by atoms with Gasteiger partial charge in [0.15, 0.2) is 11.5 Å². The molecule has 0 spiro atoms. The number of rotatable bonds is 8. The highest BCUT2D eigenvalue weighted by molar-refractivity contribution is 7.18. The first kappa shape index (κ1) is 24.3. The van der Waals surface area contributed by atoms with Crippen LogP contribution in [-0.2, 0) is 9.47 Å². The van der Waals surface area contributed by atoms with Crippen LogP contribution in [0.1, 0.15) is 44.4 Å². The Hall–Kier alpha value is -3.88. The molecule has 0 atom stereocenters. The zero-order chi connectivity index (χ0) is 24.9. The molecule has 0 aliphatic carbocycles. The fourth-order valence-corrected chi connectivity index (χ4v) is 5.17. The Bertz CT molecular complexity index is 1350. The lowest BCUT2D eigenvalue weighted by atomic mass is 10.1. The number of aromatic nitrogens is 1. The van der Waals surface area contributed by atoms with Crippen molar-refractivity contribution in [1.29, 1.82) is 5.26 Å². The van der Waals surface area contributed by atoms with Crippen LogP contribution >= 0.6 is 22.7 Å². The van der Waals surface area contributed by atoms with Gasteiger partial charge < -0.3 is 24.3 Å². The lowest BCUT2D eigenvalue weighted by molar-refractivity contribution is 0.0527. The molecular weight excluding hydrogens is 490 g/mol. The number of thiazole rings is 1. The molecule has 3 aromatic rings. The summed E-state index contributed by atoms with van der Waals surface area (Å²) in [5.74, 6) is 0.237. The van der Waals surface area contributed by atoms with Gasteiger partial charge >= 0.3 is 11.9 Å². The van der Waals surface area contributed by atoms with E-state index >= 15 is 0 Å². The summed E-state index contributed by atoms with van der Waals surface area (Å²) < 4.78 is 21.0. The molecule has 3 heterocycles. The quantitative estimate of drug-likeness (QED) is 0.320. The number of carbonyl (C=O) groups excluding carboxylic acids is 2. The highest BCUT2D eigenvalue weighted by Gasteiger charge is 2.26. The highest BCUT2D eigenvalue weighted by atomic mass is 32.1.